The maximum Gasteiger partial charge on any atom is 0.317 e. The highest BCUT2D eigenvalue weighted by Gasteiger charge is 2.31. The first-order chi connectivity index (χ1) is 9.95. The van der Waals surface area contributed by atoms with Gasteiger partial charge in [-0.15, -0.1) is 0 Å². The number of nitrogens with zero attached hydrogens (tertiary/aromatic N) is 1. The number of benzene rings is 1. The van der Waals surface area contributed by atoms with Gasteiger partial charge in [-0.3, -0.25) is 0 Å². The molecular weight excluding hydrogens is 315 g/mol. The molecule has 0 aromatic heterocycles. The van der Waals surface area contributed by atoms with Crippen LogP contribution in [0.5, 0.6) is 0 Å². The Morgan fingerprint density at radius 2 is 2.19 bits per heavy atom. The molecule has 0 aliphatic carbocycles. The Morgan fingerprint density at radius 1 is 1.48 bits per heavy atom. The summed E-state index contributed by atoms with van der Waals surface area (Å²) in [6, 6.07) is 5.19. The molecule has 0 bridgehead atoms. The molecule has 21 heavy (non-hydrogen) atoms. The van der Waals surface area contributed by atoms with E-state index in [0.29, 0.717) is 29.7 Å². The minimum absolute atomic E-state index is 0.0248. The van der Waals surface area contributed by atoms with Crippen LogP contribution in [0.15, 0.2) is 18.2 Å². The third-order valence-electron chi connectivity index (χ3n) is 3.15. The third kappa shape index (κ3) is 4.74. The minimum atomic E-state index is -0.545. The number of aliphatic hydroxyl groups is 1. The van der Waals surface area contributed by atoms with Crippen LogP contribution in [0.4, 0.5) is 4.79 Å². The van der Waals surface area contributed by atoms with E-state index >= 15 is 0 Å². The minimum Gasteiger partial charge on any atom is -0.392 e. The molecule has 1 saturated heterocycles. The van der Waals surface area contributed by atoms with Gasteiger partial charge in [0.25, 0.3) is 0 Å². The molecule has 2 N–H and O–H groups in total. The van der Waals surface area contributed by atoms with Crippen molar-refractivity contribution in [2.24, 2.45) is 0 Å². The number of carbonyl (C=O) groups excluding carboxylic acids is 1. The van der Waals surface area contributed by atoms with Gasteiger partial charge in [-0.1, -0.05) is 29.3 Å². The number of aliphatic hydroxyl groups excluding tert-OH is 1. The topological polar surface area (TPSA) is 61.8 Å². The van der Waals surface area contributed by atoms with Crippen LogP contribution in [0.3, 0.4) is 0 Å². The second-order valence-corrected chi connectivity index (χ2v) is 5.94. The number of nitrogens with one attached hydrogen (secondary N) is 1. The highest BCUT2D eigenvalue weighted by molar-refractivity contribution is 6.42. The number of halogens is 2. The van der Waals surface area contributed by atoms with Crippen molar-refractivity contribution < 1.29 is 14.6 Å². The molecule has 0 saturated carbocycles. The Morgan fingerprint density at radius 3 is 2.81 bits per heavy atom. The summed E-state index contributed by atoms with van der Waals surface area (Å²) in [5.41, 5.74) is 0.946. The summed E-state index contributed by atoms with van der Waals surface area (Å²) in [7, 11) is 0. The average Bonchev–Trinajstić information content (AvgIpc) is 2.38. The van der Waals surface area contributed by atoms with E-state index in [1.165, 1.54) is 0 Å². The molecule has 7 heteroatoms. The zero-order valence-electron chi connectivity index (χ0n) is 11.7. The number of hydrogen-bond donors (Lipinski definition) is 2. The summed E-state index contributed by atoms with van der Waals surface area (Å²) in [4.78, 5) is 13.3. The maximum atomic E-state index is 11.6. The zero-order chi connectivity index (χ0) is 15.4. The summed E-state index contributed by atoms with van der Waals surface area (Å²) in [5.74, 6) is 0. The molecule has 0 spiro atoms. The predicted octanol–water partition coefficient (Wildman–Crippen LogP) is 2.28. The second-order valence-electron chi connectivity index (χ2n) is 5.12. The average molecular weight is 333 g/mol. The maximum absolute atomic E-state index is 11.6. The summed E-state index contributed by atoms with van der Waals surface area (Å²) < 4.78 is 5.69. The molecule has 5 nitrogen and oxygen atoms in total. The Labute approximate surface area is 133 Å². The van der Waals surface area contributed by atoms with Crippen molar-refractivity contribution in [2.75, 3.05) is 19.6 Å². The highest BCUT2D eigenvalue weighted by Crippen LogP contribution is 2.23. The number of hydrogen-bond acceptors (Lipinski definition) is 3. The highest BCUT2D eigenvalue weighted by atomic mass is 35.5. The first-order valence-corrected chi connectivity index (χ1v) is 7.47. The quantitative estimate of drug-likeness (QED) is 0.869. The van der Waals surface area contributed by atoms with E-state index in [9.17, 15) is 4.79 Å². The molecule has 1 heterocycles. The zero-order valence-corrected chi connectivity index (χ0v) is 13.2. The van der Waals surface area contributed by atoms with E-state index in [0.717, 1.165) is 5.56 Å². The Kier molecular flexibility index (Phi) is 5.70. The number of urea groups is 1. The monoisotopic (exact) mass is 332 g/mol. The molecule has 1 aromatic rings. The second kappa shape index (κ2) is 7.31. The molecule has 116 valence electrons. The van der Waals surface area contributed by atoms with Gasteiger partial charge in [-0.25, -0.2) is 4.79 Å². The van der Waals surface area contributed by atoms with Crippen LogP contribution in [0.1, 0.15) is 12.5 Å². The van der Waals surface area contributed by atoms with Gasteiger partial charge in [-0.05, 0) is 24.6 Å². The van der Waals surface area contributed by atoms with E-state index < -0.39 is 6.10 Å². The Bertz CT molecular complexity index is 505. The van der Waals surface area contributed by atoms with Crippen molar-refractivity contribution in [3.63, 3.8) is 0 Å². The lowest BCUT2D eigenvalue weighted by Gasteiger charge is -2.38. The van der Waals surface area contributed by atoms with Gasteiger partial charge in [0.1, 0.15) is 0 Å². The van der Waals surface area contributed by atoms with Crippen LogP contribution < -0.4 is 5.32 Å². The van der Waals surface area contributed by atoms with Crippen molar-refractivity contribution in [3.05, 3.63) is 33.8 Å². The molecule has 0 unspecified atom stereocenters. The van der Waals surface area contributed by atoms with E-state index in [1.807, 2.05) is 6.07 Å². The number of rotatable bonds is 5. The van der Waals surface area contributed by atoms with E-state index in [-0.39, 0.29) is 18.7 Å². The fourth-order valence-corrected chi connectivity index (χ4v) is 2.22. The lowest BCUT2D eigenvalue weighted by Crippen LogP contribution is -2.58. The summed E-state index contributed by atoms with van der Waals surface area (Å²) >= 11 is 11.8. The molecule has 1 fully saturated rings. The fraction of sp³-hybridized carbons (Fsp3) is 0.500. The molecule has 2 amide bonds. The molecule has 2 rings (SSSR count). The van der Waals surface area contributed by atoms with Gasteiger partial charge < -0.3 is 20.1 Å². The van der Waals surface area contributed by atoms with Crippen molar-refractivity contribution in [1.82, 2.24) is 10.2 Å². The van der Waals surface area contributed by atoms with Gasteiger partial charge in [0.2, 0.25) is 0 Å². The SMILES string of the molecule is C[C@@H](O)CNC(=O)N1CC(OCc2ccc(Cl)c(Cl)c2)C1. The van der Waals surface area contributed by atoms with Gasteiger partial charge in [0.05, 0.1) is 41.9 Å². The number of amides is 2. The lowest BCUT2D eigenvalue weighted by atomic mass is 10.1. The van der Waals surface area contributed by atoms with Crippen LogP contribution in [-0.2, 0) is 11.3 Å². The molecule has 1 aliphatic rings. The van der Waals surface area contributed by atoms with Crippen LogP contribution in [0.25, 0.3) is 0 Å². The van der Waals surface area contributed by atoms with E-state index in [2.05, 4.69) is 5.32 Å². The van der Waals surface area contributed by atoms with E-state index in [4.69, 9.17) is 33.0 Å². The van der Waals surface area contributed by atoms with E-state index in [1.54, 1.807) is 24.0 Å². The van der Waals surface area contributed by atoms with Gasteiger partial charge >= 0.3 is 6.03 Å². The van der Waals surface area contributed by atoms with Gasteiger partial charge in [-0.2, -0.15) is 0 Å². The van der Waals surface area contributed by atoms with Crippen molar-refractivity contribution in [1.29, 1.82) is 0 Å². The molecule has 1 aliphatic heterocycles. The summed E-state index contributed by atoms with van der Waals surface area (Å²) in [6.07, 6.45) is -0.520. The van der Waals surface area contributed by atoms with Crippen LogP contribution in [-0.4, -0.2) is 47.9 Å². The van der Waals surface area contributed by atoms with Gasteiger partial charge in [0, 0.05) is 6.54 Å². The third-order valence-corrected chi connectivity index (χ3v) is 3.89. The summed E-state index contributed by atoms with van der Waals surface area (Å²) in [6.45, 7) is 3.41. The van der Waals surface area contributed by atoms with Crippen molar-refractivity contribution in [3.8, 4) is 0 Å². The summed E-state index contributed by atoms with van der Waals surface area (Å²) in [5, 5.41) is 12.8. The lowest BCUT2D eigenvalue weighted by molar-refractivity contribution is -0.0444. The molecule has 1 atom stereocenters. The Hall–Kier alpha value is -1.01. The number of likely N-dealkylation sites (tertiary alicyclic amines) is 1. The number of carbonyl (C=O) groups is 1. The first-order valence-electron chi connectivity index (χ1n) is 6.72. The molecule has 0 radical (unpaired) electrons. The molecular formula is C14H18Cl2N2O3. The van der Waals surface area contributed by atoms with Crippen LogP contribution in [0.2, 0.25) is 10.0 Å². The fourth-order valence-electron chi connectivity index (χ4n) is 1.90. The normalized spacial score (nSPS) is 16.5. The number of ether oxygens (including phenoxy) is 1. The van der Waals surface area contributed by atoms with Crippen molar-refractivity contribution >= 4 is 29.2 Å². The largest absolute Gasteiger partial charge is 0.392 e. The predicted molar refractivity (Wildman–Crippen MR) is 81.7 cm³/mol. The van der Waals surface area contributed by atoms with Crippen LogP contribution in [0, 0.1) is 0 Å². The Balaban J connectivity index is 1.68. The first kappa shape index (κ1) is 16.4. The van der Waals surface area contributed by atoms with Crippen molar-refractivity contribution in [2.45, 2.75) is 25.7 Å². The standard InChI is InChI=1S/C14H18Cl2N2O3/c1-9(19)5-17-14(20)18-6-11(7-18)21-8-10-2-3-12(15)13(16)4-10/h2-4,9,11,19H,5-8H2,1H3,(H,17,20)/t9-/m1/s1. The smallest absolute Gasteiger partial charge is 0.317 e. The van der Waals surface area contributed by atoms with Gasteiger partial charge in [0.15, 0.2) is 0 Å². The molecule has 1 aromatic carbocycles. The van der Waals surface area contributed by atoms with Crippen LogP contribution >= 0.6 is 23.2 Å².